The number of amidine groups is 1. The number of aliphatic imine (C=N–C) groups is 1. The van der Waals surface area contributed by atoms with Crippen LogP contribution in [0.3, 0.4) is 0 Å². The second-order valence-electron chi connectivity index (χ2n) is 4.92. The first kappa shape index (κ1) is 15.0. The van der Waals surface area contributed by atoms with Crippen molar-refractivity contribution in [1.82, 2.24) is 0 Å². The van der Waals surface area contributed by atoms with E-state index in [1.54, 1.807) is 17.0 Å². The Kier molecular flexibility index (Phi) is 4.16. The topological polar surface area (TPSA) is 32.7 Å². The number of carbonyl (C=O) groups excluding carboxylic acids is 1. The maximum absolute atomic E-state index is 12.6. The quantitative estimate of drug-likeness (QED) is 0.584. The van der Waals surface area contributed by atoms with Crippen LogP contribution in [0.4, 0.5) is 5.69 Å². The van der Waals surface area contributed by atoms with E-state index >= 15 is 0 Å². The fourth-order valence-electron chi connectivity index (χ4n) is 2.16. The minimum atomic E-state index is -0.169. The molecule has 3 rings (SSSR count). The molecule has 2 aromatic carbocycles. The molecule has 1 amide bonds. The molecule has 0 bridgehead atoms. The van der Waals surface area contributed by atoms with Gasteiger partial charge >= 0.3 is 142 Å². The van der Waals surface area contributed by atoms with Gasteiger partial charge in [-0.2, -0.15) is 0 Å². The molecule has 1 aliphatic heterocycles. The van der Waals surface area contributed by atoms with Crippen molar-refractivity contribution in [2.75, 3.05) is 4.90 Å². The minimum absolute atomic E-state index is 0.169. The van der Waals surface area contributed by atoms with E-state index in [0.29, 0.717) is 15.5 Å². The van der Waals surface area contributed by atoms with E-state index in [9.17, 15) is 4.79 Å². The van der Waals surface area contributed by atoms with Crippen LogP contribution in [0.25, 0.3) is 6.08 Å². The van der Waals surface area contributed by atoms with E-state index < -0.39 is 0 Å². The molecule has 1 aliphatic rings. The summed E-state index contributed by atoms with van der Waals surface area (Å²) in [6.45, 7) is 2.01. The first-order chi connectivity index (χ1) is 10.6. The number of aryl methyl sites for hydroxylation is 1. The van der Waals surface area contributed by atoms with E-state index in [4.69, 9.17) is 11.6 Å². The number of benzene rings is 2. The summed E-state index contributed by atoms with van der Waals surface area (Å²) in [5.41, 5.74) is 3.06. The van der Waals surface area contributed by atoms with Gasteiger partial charge in [-0.3, -0.25) is 0 Å². The summed E-state index contributed by atoms with van der Waals surface area (Å²) >= 11 is 8.98. The molecule has 0 aromatic heterocycles. The number of carbonyl (C=O) groups is 1. The van der Waals surface area contributed by atoms with Crippen molar-refractivity contribution in [1.29, 1.82) is 0 Å². The summed E-state index contributed by atoms with van der Waals surface area (Å²) in [6, 6.07) is 15.1. The van der Waals surface area contributed by atoms with Gasteiger partial charge in [-0.15, -0.1) is 0 Å². The van der Waals surface area contributed by atoms with Crippen LogP contribution in [0.15, 0.2) is 59.2 Å². The molecule has 0 unspecified atom stereocenters. The fourth-order valence-corrected chi connectivity index (χ4v) is 2.95. The van der Waals surface area contributed by atoms with Gasteiger partial charge in [0.05, 0.1) is 0 Å². The Morgan fingerprint density at radius 3 is 2.50 bits per heavy atom. The van der Waals surface area contributed by atoms with Crippen molar-refractivity contribution in [3.8, 4) is 0 Å². The molecule has 3 nitrogen and oxygen atoms in total. The average molecular weight is 375 g/mol. The third kappa shape index (κ3) is 2.86. The first-order valence-corrected chi connectivity index (χ1v) is 7.93. The molecule has 1 radical (unpaired) electrons. The molecule has 0 saturated carbocycles. The van der Waals surface area contributed by atoms with E-state index in [0.717, 1.165) is 16.8 Å². The fraction of sp³-hybridized carbons (Fsp3) is 0.0588. The number of anilines is 1. The summed E-state index contributed by atoms with van der Waals surface area (Å²) in [6.07, 6.45) is 1.70. The van der Waals surface area contributed by atoms with Gasteiger partial charge in [0.25, 0.3) is 0 Å². The predicted molar refractivity (Wildman–Crippen MR) is 91.3 cm³/mol. The van der Waals surface area contributed by atoms with E-state index in [2.05, 4.69) is 21.0 Å². The second-order valence-corrected chi connectivity index (χ2v) is 6.09. The summed E-state index contributed by atoms with van der Waals surface area (Å²) in [5.74, 6) is -0.169. The van der Waals surface area contributed by atoms with Gasteiger partial charge in [0.15, 0.2) is 0 Å². The van der Waals surface area contributed by atoms with Crippen LogP contribution in [0.1, 0.15) is 11.1 Å². The molecule has 0 aliphatic carbocycles. The van der Waals surface area contributed by atoms with Gasteiger partial charge in [-0.25, -0.2) is 0 Å². The van der Waals surface area contributed by atoms with E-state index in [1.807, 2.05) is 49.4 Å². The first-order valence-electron chi connectivity index (χ1n) is 6.69. The summed E-state index contributed by atoms with van der Waals surface area (Å²) in [4.78, 5) is 18.5. The van der Waals surface area contributed by atoms with Gasteiger partial charge < -0.3 is 0 Å². The Morgan fingerprint density at radius 1 is 1.14 bits per heavy atom. The van der Waals surface area contributed by atoms with Gasteiger partial charge in [0, 0.05) is 0 Å². The van der Waals surface area contributed by atoms with Crippen molar-refractivity contribution < 1.29 is 4.79 Å². The number of hydrogen-bond acceptors (Lipinski definition) is 2. The molecule has 0 saturated heterocycles. The SMILES string of the molecule is Cc1ccc(N2C(=O)/C(=C/c3ccccc3Cl)N=C2[Se])cc1. The molecule has 22 heavy (non-hydrogen) atoms. The monoisotopic (exact) mass is 375 g/mol. The van der Waals surface area contributed by atoms with E-state index in [1.165, 1.54) is 0 Å². The number of nitrogens with zero attached hydrogens (tertiary/aromatic N) is 2. The molecular formula is C17H12ClN2OSe. The van der Waals surface area contributed by atoms with Crippen molar-refractivity contribution in [3.05, 3.63) is 70.4 Å². The Labute approximate surface area is 142 Å². The van der Waals surface area contributed by atoms with Crippen molar-refractivity contribution in [2.45, 2.75) is 6.92 Å². The number of hydrogen-bond donors (Lipinski definition) is 0. The number of halogens is 1. The van der Waals surface area contributed by atoms with Crippen LogP contribution < -0.4 is 4.90 Å². The standard InChI is InChI=1S/C17H12ClN2OSe/c1-11-6-8-13(9-7-11)20-16(21)15(19-17(20)22)10-12-4-2-3-5-14(12)18/h2-10H,1H3/b15-10-. The van der Waals surface area contributed by atoms with E-state index in [-0.39, 0.29) is 5.91 Å². The predicted octanol–water partition coefficient (Wildman–Crippen LogP) is 3.56. The van der Waals surface area contributed by atoms with Crippen molar-refractivity contribution in [3.63, 3.8) is 0 Å². The third-order valence-corrected chi connectivity index (χ3v) is 4.24. The molecule has 1 heterocycles. The zero-order chi connectivity index (χ0) is 15.7. The Hall–Kier alpha value is -1.87. The van der Waals surface area contributed by atoms with Crippen molar-refractivity contribution >= 4 is 50.0 Å². The van der Waals surface area contributed by atoms with Crippen LogP contribution in [0.2, 0.25) is 5.02 Å². The molecular weight excluding hydrogens is 363 g/mol. The van der Waals surface area contributed by atoms with Crippen LogP contribution in [-0.2, 0) is 4.79 Å². The van der Waals surface area contributed by atoms with Crippen LogP contribution in [0.5, 0.6) is 0 Å². The Morgan fingerprint density at radius 2 is 1.82 bits per heavy atom. The normalized spacial score (nSPS) is 16.3. The molecule has 0 spiro atoms. The Bertz CT molecular complexity index is 797. The second kappa shape index (κ2) is 6.09. The van der Waals surface area contributed by atoms with Gasteiger partial charge in [0.2, 0.25) is 0 Å². The molecule has 2 aromatic rings. The van der Waals surface area contributed by atoms with Gasteiger partial charge in [0.1, 0.15) is 0 Å². The molecule has 0 N–H and O–H groups in total. The molecule has 109 valence electrons. The summed E-state index contributed by atoms with van der Waals surface area (Å²) in [7, 11) is 0. The van der Waals surface area contributed by atoms with Gasteiger partial charge in [-0.05, 0) is 0 Å². The zero-order valence-electron chi connectivity index (χ0n) is 11.8. The van der Waals surface area contributed by atoms with Crippen LogP contribution in [-0.4, -0.2) is 26.7 Å². The Balaban J connectivity index is 1.97. The number of rotatable bonds is 2. The number of amides is 1. The third-order valence-electron chi connectivity index (χ3n) is 3.32. The summed E-state index contributed by atoms with van der Waals surface area (Å²) < 4.78 is 0.534. The van der Waals surface area contributed by atoms with Crippen LogP contribution >= 0.6 is 11.6 Å². The average Bonchev–Trinajstić information content (AvgIpc) is 2.77. The zero-order valence-corrected chi connectivity index (χ0v) is 14.3. The maximum atomic E-state index is 12.6. The van der Waals surface area contributed by atoms with Crippen molar-refractivity contribution in [2.24, 2.45) is 4.99 Å². The molecule has 0 atom stereocenters. The summed E-state index contributed by atoms with van der Waals surface area (Å²) in [5, 5.41) is 0.591. The van der Waals surface area contributed by atoms with Gasteiger partial charge in [-0.1, -0.05) is 0 Å². The van der Waals surface area contributed by atoms with Crippen LogP contribution in [0, 0.1) is 6.92 Å². The molecule has 0 fully saturated rings. The molecule has 5 heteroatoms.